The second-order valence-electron chi connectivity index (χ2n) is 6.18. The van der Waals surface area contributed by atoms with Gasteiger partial charge in [-0.3, -0.25) is 4.79 Å². The number of ketones is 1. The lowest BCUT2D eigenvalue weighted by Gasteiger charge is -2.11. The highest BCUT2D eigenvalue weighted by Gasteiger charge is 2.17. The van der Waals surface area contributed by atoms with Crippen LogP contribution in [0.5, 0.6) is 5.88 Å². The molecule has 24 heavy (non-hydrogen) atoms. The smallest absolute Gasteiger partial charge is 0.225 e. The van der Waals surface area contributed by atoms with Crippen molar-refractivity contribution in [3.63, 3.8) is 0 Å². The lowest BCUT2D eigenvalue weighted by Crippen LogP contribution is -2.12. The van der Waals surface area contributed by atoms with Crippen LogP contribution in [0.3, 0.4) is 0 Å². The second kappa shape index (κ2) is 9.55. The Labute approximate surface area is 148 Å². The first kappa shape index (κ1) is 18.6. The predicted octanol–water partition coefficient (Wildman–Crippen LogP) is 4.18. The van der Waals surface area contributed by atoms with Crippen LogP contribution in [-0.2, 0) is 0 Å². The maximum atomic E-state index is 12.6. The summed E-state index contributed by atoms with van der Waals surface area (Å²) in [5, 5.41) is 1.91. The zero-order valence-electron chi connectivity index (χ0n) is 14.7. The number of nitrogens with zero attached hydrogens (tertiary/aromatic N) is 2. The topological polar surface area (TPSA) is 42.4 Å². The lowest BCUT2D eigenvalue weighted by atomic mass is 10.1. The molecule has 0 aliphatic rings. The van der Waals surface area contributed by atoms with E-state index in [2.05, 4.69) is 24.0 Å². The fourth-order valence-corrected chi connectivity index (χ4v) is 3.09. The minimum absolute atomic E-state index is 0.0153. The molecule has 0 aliphatic carbocycles. The van der Waals surface area contributed by atoms with Gasteiger partial charge in [0.1, 0.15) is 0 Å². The standard InChI is InChI=1S/C19H26N2O2S/c1-15-10-11-16(18(22)17-9-8-14-24-17)19(20-15)23-13-7-5-4-6-12-21(2)3/h8-11,14H,4-7,12-13H2,1-3H3. The molecule has 0 fully saturated rings. The number of carbonyl (C=O) groups is 1. The molecule has 2 aromatic heterocycles. The summed E-state index contributed by atoms with van der Waals surface area (Å²) in [7, 11) is 4.19. The van der Waals surface area contributed by atoms with Gasteiger partial charge >= 0.3 is 0 Å². The molecule has 0 atom stereocenters. The number of aryl methyl sites for hydroxylation is 1. The Morgan fingerprint density at radius 1 is 1.17 bits per heavy atom. The number of carbonyl (C=O) groups excluding carboxylic acids is 1. The maximum absolute atomic E-state index is 12.6. The van der Waals surface area contributed by atoms with Gasteiger partial charge in [-0.15, -0.1) is 11.3 Å². The van der Waals surface area contributed by atoms with Crippen LogP contribution < -0.4 is 4.74 Å². The summed E-state index contributed by atoms with van der Waals surface area (Å²) >= 11 is 1.44. The van der Waals surface area contributed by atoms with E-state index in [1.165, 1.54) is 24.2 Å². The van der Waals surface area contributed by atoms with Crippen LogP contribution in [0.2, 0.25) is 0 Å². The van der Waals surface area contributed by atoms with Crippen LogP contribution in [0.25, 0.3) is 0 Å². The van der Waals surface area contributed by atoms with Gasteiger partial charge in [0.2, 0.25) is 11.7 Å². The van der Waals surface area contributed by atoms with Gasteiger partial charge in [-0.1, -0.05) is 18.9 Å². The summed E-state index contributed by atoms with van der Waals surface area (Å²) < 4.78 is 5.83. The number of pyridine rings is 1. The van der Waals surface area contributed by atoms with E-state index in [1.807, 2.05) is 36.6 Å². The van der Waals surface area contributed by atoms with E-state index in [4.69, 9.17) is 4.74 Å². The fraction of sp³-hybridized carbons (Fsp3) is 0.474. The highest BCUT2D eigenvalue weighted by Crippen LogP contribution is 2.22. The lowest BCUT2D eigenvalue weighted by molar-refractivity contribution is 0.103. The first-order valence-corrected chi connectivity index (χ1v) is 9.29. The molecule has 0 radical (unpaired) electrons. The molecule has 0 aromatic carbocycles. The van der Waals surface area contributed by atoms with Crippen molar-refractivity contribution in [2.24, 2.45) is 0 Å². The normalized spacial score (nSPS) is 11.0. The van der Waals surface area contributed by atoms with Gasteiger partial charge < -0.3 is 9.64 Å². The van der Waals surface area contributed by atoms with Crippen molar-refractivity contribution in [2.75, 3.05) is 27.2 Å². The Kier molecular flexibility index (Phi) is 7.40. The Balaban J connectivity index is 1.88. The first-order chi connectivity index (χ1) is 11.6. The van der Waals surface area contributed by atoms with E-state index >= 15 is 0 Å². The average molecular weight is 346 g/mol. The molecule has 0 N–H and O–H groups in total. The van der Waals surface area contributed by atoms with E-state index in [1.54, 1.807) is 0 Å². The van der Waals surface area contributed by atoms with Crippen LogP contribution in [0.15, 0.2) is 29.6 Å². The molecule has 0 unspecified atom stereocenters. The monoisotopic (exact) mass is 346 g/mol. The van der Waals surface area contributed by atoms with Gasteiger partial charge in [-0.2, -0.15) is 0 Å². The number of ether oxygens (including phenoxy) is 1. The summed E-state index contributed by atoms with van der Waals surface area (Å²) in [5.41, 5.74) is 1.41. The predicted molar refractivity (Wildman–Crippen MR) is 99.2 cm³/mol. The molecule has 2 heterocycles. The van der Waals surface area contributed by atoms with Crippen LogP contribution in [0.1, 0.15) is 46.6 Å². The molecule has 0 amide bonds. The third kappa shape index (κ3) is 5.73. The van der Waals surface area contributed by atoms with Crippen molar-refractivity contribution in [3.05, 3.63) is 45.8 Å². The van der Waals surface area contributed by atoms with Crippen molar-refractivity contribution >= 4 is 17.1 Å². The Morgan fingerprint density at radius 2 is 1.96 bits per heavy atom. The molecule has 2 rings (SSSR count). The van der Waals surface area contributed by atoms with Gasteiger partial charge in [-0.25, -0.2) is 4.98 Å². The zero-order valence-corrected chi connectivity index (χ0v) is 15.6. The largest absolute Gasteiger partial charge is 0.477 e. The quantitative estimate of drug-likeness (QED) is 0.478. The van der Waals surface area contributed by atoms with Crippen LogP contribution in [-0.4, -0.2) is 42.9 Å². The number of aromatic nitrogens is 1. The molecule has 2 aromatic rings. The van der Waals surface area contributed by atoms with Crippen molar-refractivity contribution in [1.29, 1.82) is 0 Å². The van der Waals surface area contributed by atoms with Crippen LogP contribution in [0.4, 0.5) is 0 Å². The molecule has 0 saturated heterocycles. The fourth-order valence-electron chi connectivity index (χ4n) is 2.41. The molecule has 0 saturated carbocycles. The Morgan fingerprint density at radius 3 is 2.67 bits per heavy atom. The maximum Gasteiger partial charge on any atom is 0.225 e. The Hall–Kier alpha value is -1.72. The van der Waals surface area contributed by atoms with Gasteiger partial charge in [0, 0.05) is 5.69 Å². The molecular formula is C19H26N2O2S. The van der Waals surface area contributed by atoms with Crippen molar-refractivity contribution in [1.82, 2.24) is 9.88 Å². The molecular weight excluding hydrogens is 320 g/mol. The number of thiophene rings is 1. The number of hydrogen-bond acceptors (Lipinski definition) is 5. The minimum Gasteiger partial charge on any atom is -0.477 e. The molecule has 0 aliphatic heterocycles. The summed E-state index contributed by atoms with van der Waals surface area (Å²) in [6.45, 7) is 3.64. The van der Waals surface area contributed by atoms with Crippen molar-refractivity contribution < 1.29 is 9.53 Å². The highest BCUT2D eigenvalue weighted by molar-refractivity contribution is 7.12. The van der Waals surface area contributed by atoms with E-state index in [0.29, 0.717) is 22.9 Å². The molecule has 4 nitrogen and oxygen atoms in total. The summed E-state index contributed by atoms with van der Waals surface area (Å²) in [6.07, 6.45) is 4.52. The van der Waals surface area contributed by atoms with Crippen molar-refractivity contribution in [3.8, 4) is 5.88 Å². The third-order valence-electron chi connectivity index (χ3n) is 3.73. The van der Waals surface area contributed by atoms with Gasteiger partial charge in [0.25, 0.3) is 0 Å². The summed E-state index contributed by atoms with van der Waals surface area (Å²) in [5.74, 6) is 0.445. The van der Waals surface area contributed by atoms with Gasteiger partial charge in [0.05, 0.1) is 17.0 Å². The molecule has 130 valence electrons. The molecule has 5 heteroatoms. The zero-order chi connectivity index (χ0) is 17.4. The summed E-state index contributed by atoms with van der Waals surface area (Å²) in [4.78, 5) is 19.9. The average Bonchev–Trinajstić information content (AvgIpc) is 3.07. The number of hydrogen-bond donors (Lipinski definition) is 0. The highest BCUT2D eigenvalue weighted by atomic mass is 32.1. The first-order valence-electron chi connectivity index (χ1n) is 8.41. The minimum atomic E-state index is -0.0153. The number of rotatable bonds is 10. The van der Waals surface area contributed by atoms with E-state index < -0.39 is 0 Å². The van der Waals surface area contributed by atoms with Crippen molar-refractivity contribution in [2.45, 2.75) is 32.6 Å². The SMILES string of the molecule is Cc1ccc(C(=O)c2cccs2)c(OCCCCCCN(C)C)n1. The van der Waals surface area contributed by atoms with E-state index in [0.717, 1.165) is 25.1 Å². The van der Waals surface area contributed by atoms with E-state index in [-0.39, 0.29) is 5.78 Å². The molecule has 0 bridgehead atoms. The molecule has 0 spiro atoms. The van der Waals surface area contributed by atoms with Crippen LogP contribution >= 0.6 is 11.3 Å². The summed E-state index contributed by atoms with van der Waals surface area (Å²) in [6, 6.07) is 7.39. The van der Waals surface area contributed by atoms with E-state index in [9.17, 15) is 4.79 Å². The van der Waals surface area contributed by atoms with Crippen LogP contribution in [0, 0.1) is 6.92 Å². The third-order valence-corrected chi connectivity index (χ3v) is 4.60. The second-order valence-corrected chi connectivity index (χ2v) is 7.13. The Bertz CT molecular complexity index is 639. The van der Waals surface area contributed by atoms with Gasteiger partial charge in [-0.05, 0) is 64.0 Å². The van der Waals surface area contributed by atoms with Gasteiger partial charge in [0.15, 0.2) is 0 Å². The number of unbranched alkanes of at least 4 members (excludes halogenated alkanes) is 3.